The van der Waals surface area contributed by atoms with Gasteiger partial charge in [0.2, 0.25) is 10.0 Å². The molecule has 0 bridgehead atoms. The Balaban J connectivity index is 3.02. The topological polar surface area (TPSA) is 55.4 Å². The first-order valence-corrected chi connectivity index (χ1v) is 7.50. The first-order valence-electron chi connectivity index (χ1n) is 5.64. The number of ether oxygens (including phenoxy) is 1. The molecule has 0 aromatic heterocycles. The smallest absolute Gasteiger partial charge is 0.240 e. The van der Waals surface area contributed by atoms with Crippen LogP contribution in [-0.4, -0.2) is 21.6 Å². The Morgan fingerprint density at radius 2 is 1.89 bits per heavy atom. The third-order valence-electron chi connectivity index (χ3n) is 2.77. The average Bonchev–Trinajstić information content (AvgIpc) is 2.28. The van der Waals surface area contributed by atoms with Crippen LogP contribution in [0.3, 0.4) is 0 Å². The fourth-order valence-corrected chi connectivity index (χ4v) is 3.00. The molecule has 6 heteroatoms. The van der Waals surface area contributed by atoms with E-state index in [1.807, 2.05) is 20.8 Å². The van der Waals surface area contributed by atoms with Gasteiger partial charge in [-0.05, 0) is 31.0 Å². The molecule has 0 spiro atoms. The van der Waals surface area contributed by atoms with E-state index in [4.69, 9.17) is 16.3 Å². The average molecular weight is 292 g/mol. The molecule has 0 amide bonds. The molecule has 0 aliphatic heterocycles. The van der Waals surface area contributed by atoms with Gasteiger partial charge in [-0.3, -0.25) is 0 Å². The number of sulfonamides is 1. The lowest BCUT2D eigenvalue weighted by molar-refractivity contribution is 0.414. The third-order valence-corrected chi connectivity index (χ3v) is 4.63. The molecule has 0 unspecified atom stereocenters. The molecule has 18 heavy (non-hydrogen) atoms. The van der Waals surface area contributed by atoms with Crippen LogP contribution in [0.4, 0.5) is 0 Å². The quantitative estimate of drug-likeness (QED) is 0.907. The van der Waals surface area contributed by atoms with Gasteiger partial charge < -0.3 is 4.74 Å². The lowest BCUT2D eigenvalue weighted by Gasteiger charge is -2.17. The second kappa shape index (κ2) is 5.91. The van der Waals surface area contributed by atoms with E-state index in [-0.39, 0.29) is 21.9 Å². The predicted molar refractivity (Wildman–Crippen MR) is 72.6 cm³/mol. The van der Waals surface area contributed by atoms with Crippen molar-refractivity contribution in [3.63, 3.8) is 0 Å². The van der Waals surface area contributed by atoms with Crippen molar-refractivity contribution in [1.82, 2.24) is 4.72 Å². The highest BCUT2D eigenvalue weighted by Crippen LogP contribution is 2.27. The van der Waals surface area contributed by atoms with Crippen molar-refractivity contribution in [3.8, 4) is 5.75 Å². The second-order valence-corrected chi connectivity index (χ2v) is 6.57. The summed E-state index contributed by atoms with van der Waals surface area (Å²) < 4.78 is 31.8. The van der Waals surface area contributed by atoms with Crippen molar-refractivity contribution in [2.75, 3.05) is 7.11 Å². The molecule has 1 atom stereocenters. The van der Waals surface area contributed by atoms with E-state index in [0.717, 1.165) is 0 Å². The van der Waals surface area contributed by atoms with Gasteiger partial charge in [-0.15, -0.1) is 0 Å². The van der Waals surface area contributed by atoms with Gasteiger partial charge in [0.1, 0.15) is 5.75 Å². The lowest BCUT2D eigenvalue weighted by atomic mass is 10.1. The molecule has 0 radical (unpaired) electrons. The zero-order valence-corrected chi connectivity index (χ0v) is 12.5. The van der Waals surface area contributed by atoms with Crippen LogP contribution in [0.1, 0.15) is 20.8 Å². The van der Waals surface area contributed by atoms with E-state index >= 15 is 0 Å². The van der Waals surface area contributed by atoms with Crippen molar-refractivity contribution in [2.24, 2.45) is 5.92 Å². The lowest BCUT2D eigenvalue weighted by Crippen LogP contribution is -2.36. The van der Waals surface area contributed by atoms with Gasteiger partial charge in [-0.1, -0.05) is 25.4 Å². The first-order chi connectivity index (χ1) is 8.27. The number of methoxy groups -OCH3 is 1. The summed E-state index contributed by atoms with van der Waals surface area (Å²) in [7, 11) is -2.06. The van der Waals surface area contributed by atoms with Crippen molar-refractivity contribution in [1.29, 1.82) is 0 Å². The summed E-state index contributed by atoms with van der Waals surface area (Å²) in [5, 5.41) is 0.276. The maximum atomic E-state index is 12.1. The van der Waals surface area contributed by atoms with Gasteiger partial charge >= 0.3 is 0 Å². The molecule has 0 saturated carbocycles. The predicted octanol–water partition coefficient (Wildman–Crippen LogP) is 2.67. The van der Waals surface area contributed by atoms with Gasteiger partial charge in [0.15, 0.2) is 0 Å². The van der Waals surface area contributed by atoms with Crippen molar-refractivity contribution >= 4 is 21.6 Å². The van der Waals surface area contributed by atoms with E-state index < -0.39 is 10.0 Å². The molecule has 0 saturated heterocycles. The van der Waals surface area contributed by atoms with Crippen molar-refractivity contribution < 1.29 is 13.2 Å². The SMILES string of the molecule is COc1ccc(S(=O)(=O)N[C@H](C)C(C)C)cc1Cl. The molecule has 0 aliphatic rings. The van der Waals surface area contributed by atoms with Crippen LogP contribution in [0.25, 0.3) is 0 Å². The maximum Gasteiger partial charge on any atom is 0.240 e. The van der Waals surface area contributed by atoms with Crippen molar-refractivity contribution in [3.05, 3.63) is 23.2 Å². The minimum atomic E-state index is -3.54. The highest BCUT2D eigenvalue weighted by molar-refractivity contribution is 7.89. The van der Waals surface area contributed by atoms with E-state index in [9.17, 15) is 8.42 Å². The van der Waals surface area contributed by atoms with Crippen LogP contribution in [0.15, 0.2) is 23.1 Å². The highest BCUT2D eigenvalue weighted by atomic mass is 35.5. The molecule has 1 aromatic rings. The standard InChI is InChI=1S/C12H18ClNO3S/c1-8(2)9(3)14-18(15,16)10-5-6-12(17-4)11(13)7-10/h5-9,14H,1-4H3/t9-/m1/s1. The monoisotopic (exact) mass is 291 g/mol. The van der Waals surface area contributed by atoms with Crippen LogP contribution in [-0.2, 0) is 10.0 Å². The Bertz CT molecular complexity index is 514. The molecule has 1 aromatic carbocycles. The van der Waals surface area contributed by atoms with Crippen LogP contribution in [0, 0.1) is 5.92 Å². The summed E-state index contributed by atoms with van der Waals surface area (Å²) in [5.74, 6) is 0.668. The van der Waals surface area contributed by atoms with Gasteiger partial charge in [0, 0.05) is 6.04 Å². The fraction of sp³-hybridized carbons (Fsp3) is 0.500. The minimum Gasteiger partial charge on any atom is -0.495 e. The van der Waals surface area contributed by atoms with E-state index in [2.05, 4.69) is 4.72 Å². The van der Waals surface area contributed by atoms with Crippen LogP contribution in [0.5, 0.6) is 5.75 Å². The second-order valence-electron chi connectivity index (χ2n) is 4.45. The zero-order valence-electron chi connectivity index (χ0n) is 10.9. The first kappa shape index (κ1) is 15.3. The molecule has 102 valence electrons. The molecule has 0 heterocycles. The molecular formula is C12H18ClNO3S. The summed E-state index contributed by atoms with van der Waals surface area (Å²) >= 11 is 5.92. The Morgan fingerprint density at radius 3 is 2.33 bits per heavy atom. The number of hydrogen-bond donors (Lipinski definition) is 1. The van der Waals surface area contributed by atoms with E-state index in [1.54, 1.807) is 0 Å². The number of nitrogens with one attached hydrogen (secondary N) is 1. The Labute approximate surface area is 113 Å². The molecule has 4 nitrogen and oxygen atoms in total. The molecule has 0 aliphatic carbocycles. The molecule has 1 rings (SSSR count). The Hall–Kier alpha value is -0.780. The van der Waals surface area contributed by atoms with Gasteiger partial charge in [-0.25, -0.2) is 13.1 Å². The Morgan fingerprint density at radius 1 is 1.28 bits per heavy atom. The number of benzene rings is 1. The van der Waals surface area contributed by atoms with Crippen LogP contribution in [0.2, 0.25) is 5.02 Å². The highest BCUT2D eigenvalue weighted by Gasteiger charge is 2.20. The van der Waals surface area contributed by atoms with Gasteiger partial charge in [0.25, 0.3) is 0 Å². The summed E-state index contributed by atoms with van der Waals surface area (Å²) in [6.07, 6.45) is 0. The van der Waals surface area contributed by atoms with Gasteiger partial charge in [0.05, 0.1) is 17.0 Å². The minimum absolute atomic E-state index is 0.140. The molecule has 0 fully saturated rings. The summed E-state index contributed by atoms with van der Waals surface area (Å²) in [6, 6.07) is 4.25. The zero-order chi connectivity index (χ0) is 13.9. The number of hydrogen-bond acceptors (Lipinski definition) is 3. The van der Waals surface area contributed by atoms with E-state index in [1.165, 1.54) is 25.3 Å². The molecule has 1 N–H and O–H groups in total. The molecular weight excluding hydrogens is 274 g/mol. The van der Waals surface area contributed by atoms with Crippen LogP contribution < -0.4 is 9.46 Å². The number of rotatable bonds is 5. The summed E-state index contributed by atoms with van der Waals surface area (Å²) in [4.78, 5) is 0.140. The number of halogens is 1. The maximum absolute atomic E-state index is 12.1. The Kier molecular flexibility index (Phi) is 5.01. The van der Waals surface area contributed by atoms with Crippen LogP contribution >= 0.6 is 11.6 Å². The fourth-order valence-electron chi connectivity index (χ4n) is 1.26. The summed E-state index contributed by atoms with van der Waals surface area (Å²) in [5.41, 5.74) is 0. The van der Waals surface area contributed by atoms with Gasteiger partial charge in [-0.2, -0.15) is 0 Å². The van der Waals surface area contributed by atoms with E-state index in [0.29, 0.717) is 5.75 Å². The summed E-state index contributed by atoms with van der Waals surface area (Å²) in [6.45, 7) is 5.73. The third kappa shape index (κ3) is 3.60. The largest absolute Gasteiger partial charge is 0.495 e. The normalized spacial score (nSPS) is 13.7. The van der Waals surface area contributed by atoms with Crippen molar-refractivity contribution in [2.45, 2.75) is 31.7 Å².